The van der Waals surface area contributed by atoms with Crippen LogP contribution >= 0.6 is 0 Å². The molecule has 4 nitrogen and oxygen atoms in total. The molecule has 0 spiro atoms. The fourth-order valence-corrected chi connectivity index (χ4v) is 2.43. The second kappa shape index (κ2) is 6.82. The third-order valence-electron chi connectivity index (χ3n) is 3.55. The quantitative estimate of drug-likeness (QED) is 0.885. The number of nitrogens with zero attached hydrogens (tertiary/aromatic N) is 2. The van der Waals surface area contributed by atoms with Crippen molar-refractivity contribution < 1.29 is 9.13 Å². The van der Waals surface area contributed by atoms with Gasteiger partial charge in [-0.15, -0.1) is 0 Å². The van der Waals surface area contributed by atoms with Gasteiger partial charge in [0.15, 0.2) is 0 Å². The maximum atomic E-state index is 13.4. The minimum absolute atomic E-state index is 0.281. The van der Waals surface area contributed by atoms with Crippen LogP contribution in [0.4, 0.5) is 10.2 Å². The number of hydrogen-bond donors (Lipinski definition) is 1. The van der Waals surface area contributed by atoms with Crippen LogP contribution in [-0.4, -0.2) is 37.8 Å². The summed E-state index contributed by atoms with van der Waals surface area (Å²) in [7, 11) is 2.03. The number of aromatic nitrogens is 1. The molecule has 0 radical (unpaired) electrons. The van der Waals surface area contributed by atoms with Crippen LogP contribution in [0.25, 0.3) is 0 Å². The predicted octanol–water partition coefficient (Wildman–Crippen LogP) is 1.95. The molecule has 0 atom stereocenters. The first-order chi connectivity index (χ1) is 9.22. The molecule has 1 N–H and O–H groups in total. The number of ether oxygens (including phenoxy) is 1. The number of halogens is 1. The van der Waals surface area contributed by atoms with Crippen molar-refractivity contribution in [2.75, 3.05) is 31.7 Å². The molecule has 5 heteroatoms. The first-order valence-corrected chi connectivity index (χ1v) is 6.88. The fourth-order valence-electron chi connectivity index (χ4n) is 2.43. The van der Waals surface area contributed by atoms with Gasteiger partial charge in [0.25, 0.3) is 0 Å². The lowest BCUT2D eigenvalue weighted by atomic mass is 10.1. The van der Waals surface area contributed by atoms with E-state index in [-0.39, 0.29) is 5.82 Å². The zero-order chi connectivity index (χ0) is 13.7. The lowest BCUT2D eigenvalue weighted by Crippen LogP contribution is -2.38. The highest BCUT2D eigenvalue weighted by Crippen LogP contribution is 2.23. The van der Waals surface area contributed by atoms with E-state index in [1.54, 1.807) is 6.07 Å². The van der Waals surface area contributed by atoms with Crippen LogP contribution in [0, 0.1) is 5.82 Å². The smallest absolute Gasteiger partial charge is 0.141 e. The van der Waals surface area contributed by atoms with Gasteiger partial charge in [0.2, 0.25) is 0 Å². The molecule has 19 heavy (non-hydrogen) atoms. The topological polar surface area (TPSA) is 37.4 Å². The largest absolute Gasteiger partial charge is 0.381 e. The van der Waals surface area contributed by atoms with Gasteiger partial charge < -0.3 is 15.0 Å². The average molecular weight is 267 g/mol. The lowest BCUT2D eigenvalue weighted by Gasteiger charge is -2.33. The Balaban J connectivity index is 2.16. The molecule has 0 bridgehead atoms. The first kappa shape index (κ1) is 14.2. The van der Waals surface area contributed by atoms with Crippen LogP contribution in [0.2, 0.25) is 0 Å². The van der Waals surface area contributed by atoms with Gasteiger partial charge >= 0.3 is 0 Å². The fraction of sp³-hybridized carbons (Fsp3) is 0.643. The second-order valence-electron chi connectivity index (χ2n) is 4.87. The van der Waals surface area contributed by atoms with E-state index >= 15 is 0 Å². The summed E-state index contributed by atoms with van der Waals surface area (Å²) in [5.74, 6) is 0.589. The van der Waals surface area contributed by atoms with Crippen LogP contribution < -0.4 is 10.2 Å². The molecular weight excluding hydrogens is 245 g/mol. The Hall–Kier alpha value is -1.20. The minimum Gasteiger partial charge on any atom is -0.381 e. The number of pyridine rings is 1. The molecule has 1 aromatic heterocycles. The number of hydrogen-bond acceptors (Lipinski definition) is 4. The monoisotopic (exact) mass is 267 g/mol. The van der Waals surface area contributed by atoms with Crippen LogP contribution in [0.15, 0.2) is 12.3 Å². The molecule has 0 amide bonds. The molecule has 106 valence electrons. The summed E-state index contributed by atoms with van der Waals surface area (Å²) < 4.78 is 18.7. The van der Waals surface area contributed by atoms with Gasteiger partial charge in [-0.3, -0.25) is 0 Å². The predicted molar refractivity (Wildman–Crippen MR) is 73.8 cm³/mol. The first-order valence-electron chi connectivity index (χ1n) is 6.88. The molecule has 0 unspecified atom stereocenters. The summed E-state index contributed by atoms with van der Waals surface area (Å²) in [6, 6.07) is 1.99. The van der Waals surface area contributed by atoms with Crippen molar-refractivity contribution >= 4 is 5.82 Å². The molecule has 1 aliphatic heterocycles. The van der Waals surface area contributed by atoms with E-state index in [0.717, 1.165) is 44.0 Å². The van der Waals surface area contributed by atoms with Crippen LogP contribution in [0.1, 0.15) is 25.3 Å². The highest BCUT2D eigenvalue weighted by molar-refractivity contribution is 5.47. The summed E-state index contributed by atoms with van der Waals surface area (Å²) in [5, 5.41) is 3.23. The Labute approximate surface area is 114 Å². The summed E-state index contributed by atoms with van der Waals surface area (Å²) >= 11 is 0. The third-order valence-corrected chi connectivity index (χ3v) is 3.55. The van der Waals surface area contributed by atoms with Gasteiger partial charge in [-0.05, 0) is 25.5 Å². The van der Waals surface area contributed by atoms with Gasteiger partial charge in [0, 0.05) is 38.4 Å². The van der Waals surface area contributed by atoms with Crippen molar-refractivity contribution in [1.82, 2.24) is 10.3 Å². The maximum absolute atomic E-state index is 13.4. The Bertz CT molecular complexity index is 408. The van der Waals surface area contributed by atoms with E-state index in [0.29, 0.717) is 12.6 Å². The second-order valence-corrected chi connectivity index (χ2v) is 4.87. The van der Waals surface area contributed by atoms with E-state index in [1.807, 2.05) is 14.0 Å². The molecule has 0 aliphatic carbocycles. The number of anilines is 1. The van der Waals surface area contributed by atoms with E-state index in [1.165, 1.54) is 6.20 Å². The van der Waals surface area contributed by atoms with Gasteiger partial charge in [-0.25, -0.2) is 9.37 Å². The van der Waals surface area contributed by atoms with Gasteiger partial charge in [-0.2, -0.15) is 0 Å². The van der Waals surface area contributed by atoms with Gasteiger partial charge in [0.05, 0.1) is 6.20 Å². The van der Waals surface area contributed by atoms with Crippen molar-refractivity contribution in [2.45, 2.75) is 32.4 Å². The van der Waals surface area contributed by atoms with E-state index in [2.05, 4.69) is 15.2 Å². The summed E-state index contributed by atoms with van der Waals surface area (Å²) in [6.07, 6.45) is 3.28. The van der Waals surface area contributed by atoms with Gasteiger partial charge in [-0.1, -0.05) is 6.92 Å². The van der Waals surface area contributed by atoms with Crippen LogP contribution in [-0.2, 0) is 11.3 Å². The molecule has 2 rings (SSSR count). The SMILES string of the molecule is CCNCc1cc(F)cnc1N(C)C1CCOCC1. The zero-order valence-corrected chi connectivity index (χ0v) is 11.7. The highest BCUT2D eigenvalue weighted by Gasteiger charge is 2.21. The Kier molecular flexibility index (Phi) is 5.10. The van der Waals surface area contributed by atoms with Crippen LogP contribution in [0.3, 0.4) is 0 Å². The van der Waals surface area contributed by atoms with Crippen LogP contribution in [0.5, 0.6) is 0 Å². The van der Waals surface area contributed by atoms with E-state index in [4.69, 9.17) is 4.74 Å². The molecule has 0 saturated carbocycles. The number of nitrogens with one attached hydrogen (secondary N) is 1. The molecular formula is C14H22FN3O. The standard InChI is InChI=1S/C14H22FN3O/c1-3-16-9-11-8-12(15)10-17-14(11)18(2)13-4-6-19-7-5-13/h8,10,13,16H,3-7,9H2,1-2H3. The molecule has 1 aliphatic rings. The minimum atomic E-state index is -0.281. The summed E-state index contributed by atoms with van der Waals surface area (Å²) in [5.41, 5.74) is 0.913. The number of rotatable bonds is 5. The Morgan fingerprint density at radius 1 is 1.47 bits per heavy atom. The summed E-state index contributed by atoms with van der Waals surface area (Å²) in [4.78, 5) is 6.44. The molecule has 0 aromatic carbocycles. The molecule has 1 fully saturated rings. The summed E-state index contributed by atoms with van der Waals surface area (Å²) in [6.45, 7) is 5.12. The average Bonchev–Trinajstić information content (AvgIpc) is 2.45. The van der Waals surface area contributed by atoms with E-state index < -0.39 is 0 Å². The Morgan fingerprint density at radius 3 is 2.89 bits per heavy atom. The molecule has 1 aromatic rings. The molecule has 1 saturated heterocycles. The lowest BCUT2D eigenvalue weighted by molar-refractivity contribution is 0.0853. The highest BCUT2D eigenvalue weighted by atomic mass is 19.1. The van der Waals surface area contributed by atoms with Crippen molar-refractivity contribution in [3.8, 4) is 0 Å². The van der Waals surface area contributed by atoms with E-state index in [9.17, 15) is 4.39 Å². The van der Waals surface area contributed by atoms with Crippen molar-refractivity contribution in [1.29, 1.82) is 0 Å². The van der Waals surface area contributed by atoms with Crippen molar-refractivity contribution in [2.24, 2.45) is 0 Å². The third kappa shape index (κ3) is 3.64. The normalized spacial score (nSPS) is 16.6. The van der Waals surface area contributed by atoms with Crippen molar-refractivity contribution in [3.63, 3.8) is 0 Å². The van der Waals surface area contributed by atoms with Crippen molar-refractivity contribution in [3.05, 3.63) is 23.6 Å². The Morgan fingerprint density at radius 2 is 2.21 bits per heavy atom. The molecule has 2 heterocycles. The van der Waals surface area contributed by atoms with Gasteiger partial charge in [0.1, 0.15) is 11.6 Å². The maximum Gasteiger partial charge on any atom is 0.141 e. The zero-order valence-electron chi connectivity index (χ0n) is 11.7.